The molecule has 0 amide bonds. The van der Waals surface area contributed by atoms with E-state index < -0.39 is 14.5 Å². The molecule has 0 saturated carbocycles. The van der Waals surface area contributed by atoms with Crippen LogP contribution >= 0.6 is 14.5 Å². The van der Waals surface area contributed by atoms with Gasteiger partial charge in [0.15, 0.2) is 0 Å². The molecule has 0 unspecified atom stereocenters. The predicted octanol–water partition coefficient (Wildman–Crippen LogP) is 3.76. The first-order valence-corrected chi connectivity index (χ1v) is 13.2. The zero-order valence-corrected chi connectivity index (χ0v) is 14.4. The van der Waals surface area contributed by atoms with E-state index in [1.807, 2.05) is 6.08 Å². The quantitative estimate of drug-likeness (QED) is 0.561. The van der Waals surface area contributed by atoms with Crippen LogP contribution in [0.3, 0.4) is 0 Å². The second-order valence-corrected chi connectivity index (χ2v) is 17.2. The van der Waals surface area contributed by atoms with Crippen LogP contribution < -0.4 is 0 Å². The zero-order valence-electron chi connectivity index (χ0n) is 11.2. The van der Waals surface area contributed by atoms with E-state index in [9.17, 15) is 4.79 Å². The van der Waals surface area contributed by atoms with Crippen molar-refractivity contribution < 1.29 is 20.8 Å². The molecule has 4 heteroatoms. The van der Waals surface area contributed by atoms with Crippen molar-refractivity contribution in [1.82, 2.24) is 0 Å². The summed E-state index contributed by atoms with van der Waals surface area (Å²) in [7, 11) is -2.95. The first-order chi connectivity index (χ1) is 7.05. The fourth-order valence-electron chi connectivity index (χ4n) is 1.55. The van der Waals surface area contributed by atoms with Gasteiger partial charge in [0.2, 0.25) is 0 Å². The van der Waals surface area contributed by atoms with Gasteiger partial charge in [-0.15, -0.1) is 0 Å². The summed E-state index contributed by atoms with van der Waals surface area (Å²) in [4.78, 5) is 11.6. The van der Waals surface area contributed by atoms with Crippen molar-refractivity contribution in [3.8, 4) is 0 Å². The van der Waals surface area contributed by atoms with E-state index >= 15 is 0 Å². The summed E-state index contributed by atoms with van der Waals surface area (Å²) in [6.45, 7) is 12.8. The van der Waals surface area contributed by atoms with Crippen molar-refractivity contribution in [3.05, 3.63) is 22.7 Å². The topological polar surface area (TPSA) is 17.1 Å². The third-order valence-electron chi connectivity index (χ3n) is 2.09. The molecule has 0 aromatic rings. The van der Waals surface area contributed by atoms with Crippen LogP contribution in [0.2, 0.25) is 0 Å². The summed E-state index contributed by atoms with van der Waals surface area (Å²) in [5.74, 6) is 0. The number of hydrogen-bond acceptors (Lipinski definition) is 1. The Bertz CT molecular complexity index is 290. The van der Waals surface area contributed by atoms with Gasteiger partial charge in [0.05, 0.1) is 0 Å². The Morgan fingerprint density at radius 2 is 1.56 bits per heavy atom. The molecule has 0 heterocycles. The SMILES string of the molecule is C[PH](C)(C)C(=O)[PH](C)(C)C.[Mn][C]1=CC=CC1. The summed E-state index contributed by atoms with van der Waals surface area (Å²) in [6, 6.07) is 0. The number of rotatable bonds is 2. The van der Waals surface area contributed by atoms with Crippen molar-refractivity contribution in [1.29, 1.82) is 0 Å². The Balaban J connectivity index is 0.000000315. The molecule has 0 spiro atoms. The van der Waals surface area contributed by atoms with Gasteiger partial charge >= 0.3 is 110 Å². The van der Waals surface area contributed by atoms with Gasteiger partial charge in [0.25, 0.3) is 0 Å². The van der Waals surface area contributed by atoms with Crippen molar-refractivity contribution in [2.45, 2.75) is 6.42 Å². The number of hydrogen-bond donors (Lipinski definition) is 0. The van der Waals surface area contributed by atoms with Crippen molar-refractivity contribution in [3.63, 3.8) is 0 Å². The van der Waals surface area contributed by atoms with Crippen LogP contribution in [0.25, 0.3) is 0 Å². The zero-order chi connectivity index (χ0) is 13.0. The molecule has 0 aromatic carbocycles. The second kappa shape index (κ2) is 6.46. The van der Waals surface area contributed by atoms with Crippen LogP contribution in [0.15, 0.2) is 22.7 Å². The number of carbonyl (C=O) groups excluding carboxylic acids is 1. The average Bonchev–Trinajstić information content (AvgIpc) is 2.52. The van der Waals surface area contributed by atoms with Crippen LogP contribution in [0.4, 0.5) is 4.79 Å². The summed E-state index contributed by atoms with van der Waals surface area (Å²) < 4.78 is 1.28. The summed E-state index contributed by atoms with van der Waals surface area (Å²) >= 11 is 3.34. The van der Waals surface area contributed by atoms with Gasteiger partial charge in [-0.05, 0) is 0 Å². The molecule has 0 saturated heterocycles. The van der Waals surface area contributed by atoms with Crippen LogP contribution in [-0.2, 0) is 16.0 Å². The maximum absolute atomic E-state index is 11.6. The molecule has 0 fully saturated rings. The molecule has 0 bridgehead atoms. The molecule has 96 valence electrons. The van der Waals surface area contributed by atoms with Crippen LogP contribution in [0, 0.1) is 0 Å². The minimum absolute atomic E-state index is 0.597. The molecule has 0 atom stereocenters. The van der Waals surface area contributed by atoms with Gasteiger partial charge in [-0.2, -0.15) is 0 Å². The van der Waals surface area contributed by atoms with Crippen molar-refractivity contribution >= 4 is 19.8 Å². The van der Waals surface area contributed by atoms with E-state index in [-0.39, 0.29) is 0 Å². The number of carbonyl (C=O) groups is 1. The summed E-state index contributed by atoms with van der Waals surface area (Å²) in [6.07, 6.45) is 7.30. The van der Waals surface area contributed by atoms with Gasteiger partial charge in [-0.25, -0.2) is 0 Å². The van der Waals surface area contributed by atoms with E-state index in [2.05, 4.69) is 68.2 Å². The molecule has 1 aliphatic rings. The van der Waals surface area contributed by atoms with E-state index in [0.29, 0.717) is 5.27 Å². The predicted molar refractivity (Wildman–Crippen MR) is 79.4 cm³/mol. The van der Waals surface area contributed by atoms with Crippen molar-refractivity contribution in [2.24, 2.45) is 0 Å². The molecule has 0 N–H and O–H groups in total. The third-order valence-corrected chi connectivity index (χ3v) is 9.75. The van der Waals surface area contributed by atoms with Crippen LogP contribution in [0.5, 0.6) is 0 Å². The van der Waals surface area contributed by atoms with Crippen LogP contribution in [-0.4, -0.2) is 45.3 Å². The Labute approximate surface area is 110 Å². The van der Waals surface area contributed by atoms with Gasteiger partial charge in [-0.3, -0.25) is 0 Å². The fraction of sp³-hybridized carbons (Fsp3) is 0.583. The third kappa shape index (κ3) is 6.97. The van der Waals surface area contributed by atoms with E-state index in [0.717, 1.165) is 6.42 Å². The molecule has 16 heavy (non-hydrogen) atoms. The molecule has 0 radical (unpaired) electrons. The van der Waals surface area contributed by atoms with E-state index in [1.165, 1.54) is 4.47 Å². The first kappa shape index (κ1) is 16.5. The number of allylic oxidation sites excluding steroid dienone is 4. The molecular weight excluding hydrogens is 277 g/mol. The molecule has 0 aliphatic heterocycles. The standard InChI is InChI=1S/C7H20OP2.C5H5.Mn/c1-9(2,3)7(8)10(4,5)6;1-2-4-5-3-1;/h9-10H,1-6H3;1-3H,4H2;. The van der Waals surface area contributed by atoms with Gasteiger partial charge in [-0.1, -0.05) is 0 Å². The van der Waals surface area contributed by atoms with Gasteiger partial charge in [0.1, 0.15) is 0 Å². The molecular formula is C12H25MnOP2. The summed E-state index contributed by atoms with van der Waals surface area (Å²) in [5, 5.41) is 0.597. The van der Waals surface area contributed by atoms with Crippen molar-refractivity contribution in [2.75, 3.05) is 40.0 Å². The van der Waals surface area contributed by atoms with Gasteiger partial charge < -0.3 is 0 Å². The molecule has 1 nitrogen and oxygen atoms in total. The Morgan fingerprint density at radius 1 is 1.12 bits per heavy atom. The first-order valence-electron chi connectivity index (χ1n) is 5.61. The Morgan fingerprint density at radius 3 is 1.62 bits per heavy atom. The van der Waals surface area contributed by atoms with E-state index in [4.69, 9.17) is 0 Å². The van der Waals surface area contributed by atoms with E-state index in [1.54, 1.807) is 0 Å². The molecule has 1 aliphatic carbocycles. The monoisotopic (exact) mass is 302 g/mol. The Kier molecular flexibility index (Phi) is 6.67. The van der Waals surface area contributed by atoms with Crippen LogP contribution in [0.1, 0.15) is 6.42 Å². The fourth-order valence-corrected chi connectivity index (χ4v) is 10.8. The average molecular weight is 302 g/mol. The molecule has 0 aromatic heterocycles. The minimum atomic E-state index is -1.47. The normalized spacial score (nSPS) is 17.3. The second-order valence-electron chi connectivity index (χ2n) is 6.07. The summed E-state index contributed by atoms with van der Waals surface area (Å²) in [5.41, 5.74) is 0. The molecule has 1 rings (SSSR count). The maximum atomic E-state index is 11.6. The Hall–Kier alpha value is 0.529. The van der Waals surface area contributed by atoms with Gasteiger partial charge in [0, 0.05) is 0 Å².